The zero-order valence-corrected chi connectivity index (χ0v) is 22.0. The molecule has 0 aliphatic carbocycles. The van der Waals surface area contributed by atoms with Gasteiger partial charge >= 0.3 is 0 Å². The molecule has 1 N–H and O–H groups in total. The van der Waals surface area contributed by atoms with Crippen molar-refractivity contribution in [2.24, 2.45) is 0 Å². The Labute approximate surface area is 216 Å². The molecule has 2 aromatic carbocycles. The standard InChI is InChI=1S/C30H40N4O2/c1-4-5-11-26(35)21-33-16-18-34(19-17-33)30-27(20-24-14-12-23(2)13-15-24)28(22-36-3)31-29(32-30)25-9-7-6-8-10-25/h6-10,12-15,26,35H,4-5,11,16-22H2,1-3H3/t26-/m1/s1. The number of benzene rings is 2. The minimum Gasteiger partial charge on any atom is -0.392 e. The number of ether oxygens (including phenoxy) is 1. The van der Waals surface area contributed by atoms with Crippen molar-refractivity contribution >= 4 is 5.82 Å². The minimum absolute atomic E-state index is 0.245. The molecule has 6 heteroatoms. The zero-order chi connectivity index (χ0) is 25.3. The van der Waals surface area contributed by atoms with E-state index in [-0.39, 0.29) is 6.10 Å². The Morgan fingerprint density at radius 3 is 2.36 bits per heavy atom. The van der Waals surface area contributed by atoms with E-state index in [0.717, 1.165) is 86.9 Å². The number of anilines is 1. The first-order valence-electron chi connectivity index (χ1n) is 13.2. The molecule has 0 radical (unpaired) electrons. The zero-order valence-electron chi connectivity index (χ0n) is 22.0. The van der Waals surface area contributed by atoms with Gasteiger partial charge in [0.25, 0.3) is 0 Å². The van der Waals surface area contributed by atoms with Gasteiger partial charge in [0.1, 0.15) is 5.82 Å². The van der Waals surface area contributed by atoms with E-state index in [4.69, 9.17) is 14.7 Å². The fourth-order valence-electron chi connectivity index (χ4n) is 4.81. The Kier molecular flexibility index (Phi) is 9.45. The second-order valence-electron chi connectivity index (χ2n) is 9.84. The van der Waals surface area contributed by atoms with Crippen molar-refractivity contribution in [3.05, 3.63) is 77.0 Å². The number of aliphatic hydroxyl groups excluding tert-OH is 1. The van der Waals surface area contributed by atoms with Gasteiger partial charge in [0, 0.05) is 57.4 Å². The molecule has 2 heterocycles. The molecule has 1 saturated heterocycles. The average molecular weight is 489 g/mol. The molecule has 192 valence electrons. The fraction of sp³-hybridized carbons (Fsp3) is 0.467. The molecule has 1 aliphatic rings. The van der Waals surface area contributed by atoms with Gasteiger partial charge < -0.3 is 14.7 Å². The number of unbranched alkanes of at least 4 members (excludes halogenated alkanes) is 1. The van der Waals surface area contributed by atoms with Crippen LogP contribution < -0.4 is 4.90 Å². The quantitative estimate of drug-likeness (QED) is 0.416. The Balaban J connectivity index is 1.63. The van der Waals surface area contributed by atoms with Gasteiger partial charge in [0.15, 0.2) is 5.82 Å². The largest absolute Gasteiger partial charge is 0.392 e. The molecule has 0 amide bonds. The van der Waals surface area contributed by atoms with Gasteiger partial charge in [-0.15, -0.1) is 0 Å². The summed E-state index contributed by atoms with van der Waals surface area (Å²) < 4.78 is 5.61. The summed E-state index contributed by atoms with van der Waals surface area (Å²) in [6, 6.07) is 18.9. The highest BCUT2D eigenvalue weighted by Gasteiger charge is 2.25. The monoisotopic (exact) mass is 488 g/mol. The number of methoxy groups -OCH3 is 1. The lowest BCUT2D eigenvalue weighted by atomic mass is 10.0. The molecule has 36 heavy (non-hydrogen) atoms. The number of piperazine rings is 1. The highest BCUT2D eigenvalue weighted by atomic mass is 16.5. The Bertz CT molecular complexity index is 1080. The lowest BCUT2D eigenvalue weighted by molar-refractivity contribution is 0.100. The fourth-order valence-corrected chi connectivity index (χ4v) is 4.81. The van der Waals surface area contributed by atoms with Crippen molar-refractivity contribution in [1.82, 2.24) is 14.9 Å². The molecule has 0 unspecified atom stereocenters. The summed E-state index contributed by atoms with van der Waals surface area (Å²) >= 11 is 0. The Morgan fingerprint density at radius 2 is 1.69 bits per heavy atom. The third-order valence-corrected chi connectivity index (χ3v) is 6.92. The van der Waals surface area contributed by atoms with Crippen LogP contribution in [-0.2, 0) is 17.8 Å². The van der Waals surface area contributed by atoms with Crippen LogP contribution in [0.25, 0.3) is 11.4 Å². The smallest absolute Gasteiger partial charge is 0.161 e. The van der Waals surface area contributed by atoms with E-state index in [1.54, 1.807) is 7.11 Å². The van der Waals surface area contributed by atoms with Crippen LogP contribution in [0.2, 0.25) is 0 Å². The molecule has 1 aromatic heterocycles. The summed E-state index contributed by atoms with van der Waals surface area (Å²) in [6.07, 6.45) is 3.60. The van der Waals surface area contributed by atoms with E-state index in [1.165, 1.54) is 11.1 Å². The summed E-state index contributed by atoms with van der Waals surface area (Å²) in [4.78, 5) is 14.9. The van der Waals surface area contributed by atoms with Gasteiger partial charge in [0.2, 0.25) is 0 Å². The van der Waals surface area contributed by atoms with Gasteiger partial charge in [0.05, 0.1) is 18.4 Å². The van der Waals surface area contributed by atoms with E-state index < -0.39 is 0 Å². The molecule has 1 fully saturated rings. The number of aliphatic hydroxyl groups is 1. The first-order valence-corrected chi connectivity index (χ1v) is 13.2. The summed E-state index contributed by atoms with van der Waals surface area (Å²) in [7, 11) is 1.72. The third-order valence-electron chi connectivity index (χ3n) is 6.92. The van der Waals surface area contributed by atoms with Crippen molar-refractivity contribution in [3.63, 3.8) is 0 Å². The van der Waals surface area contributed by atoms with Crippen LogP contribution >= 0.6 is 0 Å². The van der Waals surface area contributed by atoms with Gasteiger partial charge in [-0.05, 0) is 18.9 Å². The number of nitrogens with zero attached hydrogens (tertiary/aromatic N) is 4. The second-order valence-corrected chi connectivity index (χ2v) is 9.84. The first-order chi connectivity index (χ1) is 17.6. The van der Waals surface area contributed by atoms with Gasteiger partial charge in [-0.1, -0.05) is 79.9 Å². The highest BCUT2D eigenvalue weighted by molar-refractivity contribution is 5.61. The molecule has 0 saturated carbocycles. The third kappa shape index (κ3) is 6.90. The van der Waals surface area contributed by atoms with E-state index in [2.05, 4.69) is 60.0 Å². The topological polar surface area (TPSA) is 61.7 Å². The Hall–Kier alpha value is -2.80. The number of aromatic nitrogens is 2. The predicted molar refractivity (Wildman–Crippen MR) is 146 cm³/mol. The van der Waals surface area contributed by atoms with Crippen molar-refractivity contribution in [1.29, 1.82) is 0 Å². The summed E-state index contributed by atoms with van der Waals surface area (Å²) in [6.45, 7) is 9.05. The van der Waals surface area contributed by atoms with Crippen LogP contribution in [0.1, 0.15) is 48.6 Å². The van der Waals surface area contributed by atoms with Crippen molar-refractivity contribution in [2.45, 2.75) is 52.2 Å². The van der Waals surface area contributed by atoms with Crippen LogP contribution in [-0.4, -0.2) is 65.9 Å². The average Bonchev–Trinajstić information content (AvgIpc) is 2.90. The maximum Gasteiger partial charge on any atom is 0.161 e. The second kappa shape index (κ2) is 12.9. The lowest BCUT2D eigenvalue weighted by Crippen LogP contribution is -2.49. The van der Waals surface area contributed by atoms with E-state index in [1.807, 2.05) is 18.2 Å². The van der Waals surface area contributed by atoms with Gasteiger partial charge in [-0.2, -0.15) is 0 Å². The minimum atomic E-state index is -0.245. The number of β-amino-alcohol motifs (C(OH)–C–C–N with tert-alkyl or cyclic N) is 1. The SMILES string of the molecule is CCCC[C@@H](O)CN1CCN(c2nc(-c3ccccc3)nc(COC)c2Cc2ccc(C)cc2)CC1. The van der Waals surface area contributed by atoms with Crippen LogP contribution in [0, 0.1) is 6.92 Å². The maximum atomic E-state index is 10.4. The molecule has 1 atom stereocenters. The molecule has 1 aliphatic heterocycles. The van der Waals surface area contributed by atoms with Crippen molar-refractivity contribution in [2.75, 3.05) is 44.7 Å². The molecule has 4 rings (SSSR count). The number of aryl methyl sites for hydroxylation is 1. The summed E-state index contributed by atoms with van der Waals surface area (Å²) in [5.41, 5.74) is 5.59. The molecule has 6 nitrogen and oxygen atoms in total. The van der Waals surface area contributed by atoms with Crippen LogP contribution in [0.15, 0.2) is 54.6 Å². The van der Waals surface area contributed by atoms with E-state index >= 15 is 0 Å². The molecular weight excluding hydrogens is 448 g/mol. The summed E-state index contributed by atoms with van der Waals surface area (Å²) in [5, 5.41) is 10.4. The summed E-state index contributed by atoms with van der Waals surface area (Å²) in [5.74, 6) is 1.74. The van der Waals surface area contributed by atoms with Gasteiger partial charge in [-0.25, -0.2) is 9.97 Å². The first kappa shape index (κ1) is 26.3. The molecule has 0 spiro atoms. The van der Waals surface area contributed by atoms with Crippen LogP contribution in [0.3, 0.4) is 0 Å². The van der Waals surface area contributed by atoms with Crippen LogP contribution in [0.4, 0.5) is 5.82 Å². The molecule has 0 bridgehead atoms. The lowest BCUT2D eigenvalue weighted by Gasteiger charge is -2.37. The predicted octanol–water partition coefficient (Wildman–Crippen LogP) is 4.86. The van der Waals surface area contributed by atoms with E-state index in [9.17, 15) is 5.11 Å². The van der Waals surface area contributed by atoms with Crippen molar-refractivity contribution < 1.29 is 9.84 Å². The number of rotatable bonds is 11. The normalized spacial score (nSPS) is 15.3. The van der Waals surface area contributed by atoms with Crippen molar-refractivity contribution in [3.8, 4) is 11.4 Å². The number of hydrogen-bond acceptors (Lipinski definition) is 6. The number of hydrogen-bond donors (Lipinski definition) is 1. The van der Waals surface area contributed by atoms with Crippen LogP contribution in [0.5, 0.6) is 0 Å². The van der Waals surface area contributed by atoms with Gasteiger partial charge in [-0.3, -0.25) is 4.90 Å². The van der Waals surface area contributed by atoms with E-state index in [0.29, 0.717) is 6.61 Å². The molecular formula is C30H40N4O2. The Morgan fingerprint density at radius 1 is 0.972 bits per heavy atom. The molecule has 3 aromatic rings. The maximum absolute atomic E-state index is 10.4. The highest BCUT2D eigenvalue weighted by Crippen LogP contribution is 2.29.